The zero-order valence-electron chi connectivity index (χ0n) is 12.2. The van der Waals surface area contributed by atoms with E-state index >= 15 is 0 Å². The standard InChI is InChI=1S/C16H20N2O3/c1-21-13-6-4-12(5-7-13)8-11-18-15(20)17-14(19)16(18)9-2-3-10-16/h4-7H,2-3,8-11H2,1H3,(H,17,19,20). The lowest BCUT2D eigenvalue weighted by Gasteiger charge is -2.31. The number of hydrogen-bond acceptors (Lipinski definition) is 3. The predicted molar refractivity (Wildman–Crippen MR) is 78.1 cm³/mol. The number of methoxy groups -OCH3 is 1. The Kier molecular flexibility index (Phi) is 3.57. The van der Waals surface area contributed by atoms with Crippen LogP contribution in [0.2, 0.25) is 0 Å². The van der Waals surface area contributed by atoms with Gasteiger partial charge in [0.05, 0.1) is 7.11 Å². The molecule has 2 fully saturated rings. The maximum absolute atomic E-state index is 12.1. The topological polar surface area (TPSA) is 58.6 Å². The van der Waals surface area contributed by atoms with Gasteiger partial charge in [0.2, 0.25) is 0 Å². The molecule has 1 aliphatic heterocycles. The van der Waals surface area contributed by atoms with Crippen LogP contribution >= 0.6 is 0 Å². The van der Waals surface area contributed by atoms with Crippen molar-refractivity contribution in [3.8, 4) is 5.75 Å². The predicted octanol–water partition coefficient (Wildman–Crippen LogP) is 2.10. The number of benzene rings is 1. The molecule has 0 atom stereocenters. The van der Waals surface area contributed by atoms with Crippen LogP contribution in [0.3, 0.4) is 0 Å². The van der Waals surface area contributed by atoms with Crippen molar-refractivity contribution in [1.29, 1.82) is 0 Å². The fraction of sp³-hybridized carbons (Fsp3) is 0.500. The smallest absolute Gasteiger partial charge is 0.325 e. The molecule has 1 saturated heterocycles. The Morgan fingerprint density at radius 2 is 1.86 bits per heavy atom. The van der Waals surface area contributed by atoms with Crippen molar-refractivity contribution in [2.45, 2.75) is 37.6 Å². The summed E-state index contributed by atoms with van der Waals surface area (Å²) in [5.41, 5.74) is 0.555. The molecule has 1 N–H and O–H groups in total. The minimum atomic E-state index is -0.580. The Morgan fingerprint density at radius 1 is 1.19 bits per heavy atom. The van der Waals surface area contributed by atoms with E-state index in [1.54, 1.807) is 12.0 Å². The molecule has 0 unspecified atom stereocenters. The van der Waals surface area contributed by atoms with Crippen LogP contribution < -0.4 is 10.1 Å². The lowest BCUT2D eigenvalue weighted by atomic mass is 9.95. The summed E-state index contributed by atoms with van der Waals surface area (Å²) in [6.07, 6.45) is 4.34. The summed E-state index contributed by atoms with van der Waals surface area (Å²) >= 11 is 0. The molecule has 3 rings (SSSR count). The summed E-state index contributed by atoms with van der Waals surface area (Å²) in [6.45, 7) is 0.573. The van der Waals surface area contributed by atoms with Crippen molar-refractivity contribution < 1.29 is 14.3 Å². The Bertz CT molecular complexity index is 547. The van der Waals surface area contributed by atoms with E-state index in [0.29, 0.717) is 6.54 Å². The van der Waals surface area contributed by atoms with Crippen molar-refractivity contribution in [1.82, 2.24) is 10.2 Å². The number of nitrogens with one attached hydrogen (secondary N) is 1. The van der Waals surface area contributed by atoms with Crippen LogP contribution in [0.1, 0.15) is 31.2 Å². The van der Waals surface area contributed by atoms with Gasteiger partial charge in [-0.15, -0.1) is 0 Å². The third-order valence-corrected chi connectivity index (χ3v) is 4.62. The van der Waals surface area contributed by atoms with Gasteiger partial charge in [-0.3, -0.25) is 10.1 Å². The first kappa shape index (κ1) is 13.9. The highest BCUT2D eigenvalue weighted by molar-refractivity contribution is 6.07. The molecule has 3 amide bonds. The number of imide groups is 1. The number of nitrogens with zero attached hydrogens (tertiary/aromatic N) is 1. The number of ether oxygens (including phenoxy) is 1. The van der Waals surface area contributed by atoms with Crippen LogP contribution in [0.25, 0.3) is 0 Å². The molecule has 1 heterocycles. The van der Waals surface area contributed by atoms with E-state index in [1.807, 2.05) is 24.3 Å². The van der Waals surface area contributed by atoms with E-state index in [0.717, 1.165) is 43.4 Å². The van der Waals surface area contributed by atoms with Crippen LogP contribution in [0.4, 0.5) is 4.79 Å². The molecule has 5 nitrogen and oxygen atoms in total. The minimum absolute atomic E-state index is 0.111. The summed E-state index contributed by atoms with van der Waals surface area (Å²) in [5.74, 6) is 0.708. The Labute approximate surface area is 124 Å². The molecule has 0 bridgehead atoms. The van der Waals surface area contributed by atoms with Gasteiger partial charge in [-0.25, -0.2) is 4.79 Å². The number of urea groups is 1. The van der Waals surface area contributed by atoms with E-state index in [2.05, 4.69) is 5.32 Å². The zero-order chi connectivity index (χ0) is 14.9. The maximum Gasteiger partial charge on any atom is 0.325 e. The fourth-order valence-corrected chi connectivity index (χ4v) is 3.40. The molecular weight excluding hydrogens is 268 g/mol. The quantitative estimate of drug-likeness (QED) is 0.863. The summed E-state index contributed by atoms with van der Waals surface area (Å²) < 4.78 is 5.14. The van der Waals surface area contributed by atoms with E-state index in [9.17, 15) is 9.59 Å². The molecule has 0 aromatic heterocycles. The third kappa shape index (κ3) is 2.37. The highest BCUT2D eigenvalue weighted by atomic mass is 16.5. The lowest BCUT2D eigenvalue weighted by Crippen LogP contribution is -2.48. The second-order valence-electron chi connectivity index (χ2n) is 5.75. The molecule has 112 valence electrons. The van der Waals surface area contributed by atoms with Gasteiger partial charge in [-0.05, 0) is 37.0 Å². The molecule has 1 aromatic rings. The van der Waals surface area contributed by atoms with E-state index in [4.69, 9.17) is 4.74 Å². The number of amides is 3. The number of rotatable bonds is 4. The van der Waals surface area contributed by atoms with Crippen molar-refractivity contribution >= 4 is 11.9 Å². The van der Waals surface area contributed by atoms with Crippen LogP contribution in [0.15, 0.2) is 24.3 Å². The van der Waals surface area contributed by atoms with Gasteiger partial charge in [-0.2, -0.15) is 0 Å². The average Bonchev–Trinajstić information content (AvgIpc) is 3.06. The first-order chi connectivity index (χ1) is 10.2. The maximum atomic E-state index is 12.1. The van der Waals surface area contributed by atoms with Crippen LogP contribution in [0.5, 0.6) is 5.75 Å². The Balaban J connectivity index is 1.70. The van der Waals surface area contributed by atoms with Crippen molar-refractivity contribution in [3.63, 3.8) is 0 Å². The van der Waals surface area contributed by atoms with Crippen molar-refractivity contribution in [3.05, 3.63) is 29.8 Å². The SMILES string of the molecule is COc1ccc(CCN2C(=O)NC(=O)C23CCCC3)cc1. The molecule has 2 aliphatic rings. The van der Waals surface area contributed by atoms with Crippen LogP contribution in [-0.4, -0.2) is 36.0 Å². The summed E-state index contributed by atoms with van der Waals surface area (Å²) in [4.78, 5) is 25.9. The summed E-state index contributed by atoms with van der Waals surface area (Å²) in [7, 11) is 1.64. The average molecular weight is 288 g/mol. The Hall–Kier alpha value is -2.04. The van der Waals surface area contributed by atoms with Crippen molar-refractivity contribution in [2.75, 3.05) is 13.7 Å². The van der Waals surface area contributed by atoms with Gasteiger partial charge in [0.1, 0.15) is 11.3 Å². The Morgan fingerprint density at radius 3 is 2.48 bits per heavy atom. The zero-order valence-corrected chi connectivity index (χ0v) is 12.2. The highest BCUT2D eigenvalue weighted by Gasteiger charge is 2.53. The first-order valence-electron chi connectivity index (χ1n) is 7.42. The second kappa shape index (κ2) is 5.39. The molecular formula is C16H20N2O3. The molecule has 1 aliphatic carbocycles. The molecule has 5 heteroatoms. The summed E-state index contributed by atoms with van der Waals surface area (Å²) in [6, 6.07) is 7.58. The molecule has 21 heavy (non-hydrogen) atoms. The molecule has 0 radical (unpaired) electrons. The largest absolute Gasteiger partial charge is 0.497 e. The van der Waals surface area contributed by atoms with Gasteiger partial charge >= 0.3 is 6.03 Å². The van der Waals surface area contributed by atoms with Crippen molar-refractivity contribution in [2.24, 2.45) is 0 Å². The van der Waals surface area contributed by atoms with Gasteiger partial charge in [0.15, 0.2) is 0 Å². The fourth-order valence-electron chi connectivity index (χ4n) is 3.40. The van der Waals surface area contributed by atoms with Crippen LogP contribution in [0, 0.1) is 0 Å². The van der Waals surface area contributed by atoms with E-state index < -0.39 is 5.54 Å². The monoisotopic (exact) mass is 288 g/mol. The molecule has 1 aromatic carbocycles. The van der Waals surface area contributed by atoms with Gasteiger partial charge in [0, 0.05) is 6.54 Å². The second-order valence-corrected chi connectivity index (χ2v) is 5.75. The molecule has 1 saturated carbocycles. The van der Waals surface area contributed by atoms with Gasteiger partial charge in [0.25, 0.3) is 5.91 Å². The van der Waals surface area contributed by atoms with Gasteiger partial charge < -0.3 is 9.64 Å². The number of hydrogen-bond donors (Lipinski definition) is 1. The van der Waals surface area contributed by atoms with Crippen LogP contribution in [-0.2, 0) is 11.2 Å². The highest BCUT2D eigenvalue weighted by Crippen LogP contribution is 2.38. The number of carbonyl (C=O) groups excluding carboxylic acids is 2. The van der Waals surface area contributed by atoms with Gasteiger partial charge in [-0.1, -0.05) is 25.0 Å². The van der Waals surface area contributed by atoms with E-state index in [1.165, 1.54) is 0 Å². The van der Waals surface area contributed by atoms with E-state index in [-0.39, 0.29) is 11.9 Å². The summed E-state index contributed by atoms with van der Waals surface area (Å²) in [5, 5.41) is 2.48. The number of carbonyl (C=O) groups is 2. The minimum Gasteiger partial charge on any atom is -0.497 e. The third-order valence-electron chi connectivity index (χ3n) is 4.62. The lowest BCUT2D eigenvalue weighted by molar-refractivity contribution is -0.126. The normalized spacial score (nSPS) is 20.1. The first-order valence-corrected chi connectivity index (χ1v) is 7.42. The molecule has 1 spiro atoms.